The molecule has 1 amide bonds. The van der Waals surface area contributed by atoms with Crippen molar-refractivity contribution >= 4 is 17.8 Å². The molecule has 2 heterocycles. The van der Waals surface area contributed by atoms with Crippen molar-refractivity contribution in [3.63, 3.8) is 0 Å². The molecule has 1 aromatic carbocycles. The molecule has 0 aromatic heterocycles. The van der Waals surface area contributed by atoms with E-state index in [9.17, 15) is 14.4 Å². The maximum atomic E-state index is 12.8. The number of piperidine rings is 1. The average molecular weight is 389 g/mol. The Morgan fingerprint density at radius 2 is 1.82 bits per heavy atom. The molecule has 7 heteroatoms. The van der Waals surface area contributed by atoms with Gasteiger partial charge in [-0.05, 0) is 45.4 Å². The zero-order chi connectivity index (χ0) is 20.7. The molecule has 3 rings (SSSR count). The molecule has 0 N–H and O–H groups in total. The third-order valence-electron chi connectivity index (χ3n) is 5.17. The van der Waals surface area contributed by atoms with Crippen molar-refractivity contribution < 1.29 is 28.6 Å². The fourth-order valence-corrected chi connectivity index (χ4v) is 3.67. The van der Waals surface area contributed by atoms with E-state index in [1.165, 1.54) is 7.11 Å². The first-order valence-corrected chi connectivity index (χ1v) is 9.47. The lowest BCUT2D eigenvalue weighted by molar-refractivity contribution is -0.0226. The summed E-state index contributed by atoms with van der Waals surface area (Å²) < 4.78 is 16.5. The summed E-state index contributed by atoms with van der Waals surface area (Å²) in [6.07, 6.45) is 0.986. The van der Waals surface area contributed by atoms with Crippen LogP contribution in [0.5, 0.6) is 5.75 Å². The summed E-state index contributed by atoms with van der Waals surface area (Å²) in [5.41, 5.74) is 0.306. The predicted octanol–water partition coefficient (Wildman–Crippen LogP) is 3.52. The minimum absolute atomic E-state index is 0.0582. The largest absolute Gasteiger partial charge is 0.486 e. The molecule has 1 fully saturated rings. The lowest BCUT2D eigenvalue weighted by atomic mass is 9.82. The van der Waals surface area contributed by atoms with E-state index in [0.29, 0.717) is 48.4 Å². The van der Waals surface area contributed by atoms with Gasteiger partial charge >= 0.3 is 12.1 Å². The Morgan fingerprint density at radius 3 is 2.39 bits per heavy atom. The number of hydrogen-bond donors (Lipinski definition) is 0. The fraction of sp³-hybridized carbons (Fsp3) is 0.571. The smallest absolute Gasteiger partial charge is 0.410 e. The zero-order valence-electron chi connectivity index (χ0n) is 17.1. The number of ether oxygens (including phenoxy) is 3. The van der Waals surface area contributed by atoms with Gasteiger partial charge < -0.3 is 19.1 Å². The molecule has 1 aromatic rings. The second-order valence-corrected chi connectivity index (χ2v) is 8.51. The number of Topliss-reactive ketones (excluding diaryl/α,β-unsaturated/α-hetero) is 1. The minimum Gasteiger partial charge on any atom is -0.486 e. The van der Waals surface area contributed by atoms with Crippen molar-refractivity contribution in [2.24, 2.45) is 0 Å². The number of hydrogen-bond acceptors (Lipinski definition) is 6. The molecule has 2 aliphatic heterocycles. The molecule has 7 nitrogen and oxygen atoms in total. The van der Waals surface area contributed by atoms with E-state index in [1.54, 1.807) is 24.0 Å². The summed E-state index contributed by atoms with van der Waals surface area (Å²) in [6, 6.07) is 3.28. The van der Waals surface area contributed by atoms with Gasteiger partial charge in [0, 0.05) is 25.9 Å². The second kappa shape index (κ2) is 7.11. The van der Waals surface area contributed by atoms with E-state index >= 15 is 0 Å². The first-order chi connectivity index (χ1) is 13.0. The van der Waals surface area contributed by atoms with Gasteiger partial charge in [0.2, 0.25) is 0 Å². The molecule has 0 atom stereocenters. The van der Waals surface area contributed by atoms with Crippen molar-refractivity contribution in [2.45, 2.75) is 58.2 Å². The van der Waals surface area contributed by atoms with Gasteiger partial charge in [-0.25, -0.2) is 9.59 Å². The number of nitrogens with zero attached hydrogens (tertiary/aromatic N) is 1. The van der Waals surface area contributed by atoms with Crippen molar-refractivity contribution in [1.82, 2.24) is 4.90 Å². The average Bonchev–Trinajstić information content (AvgIpc) is 2.59. The molecule has 2 aliphatic rings. The SMILES string of the molecule is COC(=O)c1cc2c(cc1C)OC1(CCN(C(=O)OC(C)(C)C)CC1)CC2=O. The first-order valence-electron chi connectivity index (χ1n) is 9.47. The third-order valence-corrected chi connectivity index (χ3v) is 5.17. The number of ketones is 1. The van der Waals surface area contributed by atoms with Gasteiger partial charge in [-0.2, -0.15) is 0 Å². The van der Waals surface area contributed by atoms with Crippen LogP contribution in [0.25, 0.3) is 0 Å². The Balaban J connectivity index is 1.76. The summed E-state index contributed by atoms with van der Waals surface area (Å²) >= 11 is 0. The van der Waals surface area contributed by atoms with Crippen LogP contribution >= 0.6 is 0 Å². The molecule has 0 saturated carbocycles. The molecule has 0 radical (unpaired) electrons. The second-order valence-electron chi connectivity index (χ2n) is 8.51. The van der Waals surface area contributed by atoms with Gasteiger partial charge in [0.05, 0.1) is 24.7 Å². The lowest BCUT2D eigenvalue weighted by Gasteiger charge is -2.44. The van der Waals surface area contributed by atoms with Gasteiger partial charge in [0.1, 0.15) is 17.0 Å². The molecule has 152 valence electrons. The van der Waals surface area contributed by atoms with Crippen molar-refractivity contribution in [1.29, 1.82) is 0 Å². The van der Waals surface area contributed by atoms with Crippen LogP contribution < -0.4 is 4.74 Å². The van der Waals surface area contributed by atoms with Crippen LogP contribution in [0.2, 0.25) is 0 Å². The van der Waals surface area contributed by atoms with E-state index in [1.807, 2.05) is 20.8 Å². The molecule has 1 saturated heterocycles. The molecule has 28 heavy (non-hydrogen) atoms. The summed E-state index contributed by atoms with van der Waals surface area (Å²) in [4.78, 5) is 38.6. The Morgan fingerprint density at radius 1 is 1.18 bits per heavy atom. The maximum absolute atomic E-state index is 12.8. The summed E-state index contributed by atoms with van der Waals surface area (Å²) in [5.74, 6) is -0.0386. The van der Waals surface area contributed by atoms with E-state index in [0.717, 1.165) is 0 Å². The quantitative estimate of drug-likeness (QED) is 0.684. The zero-order valence-corrected chi connectivity index (χ0v) is 17.1. The highest BCUT2D eigenvalue weighted by molar-refractivity contribution is 6.03. The molecular formula is C21H27NO6. The molecule has 1 spiro atoms. The van der Waals surface area contributed by atoms with Crippen LogP contribution in [0, 0.1) is 6.92 Å². The van der Waals surface area contributed by atoms with Gasteiger partial charge in [-0.15, -0.1) is 0 Å². The molecule has 0 aliphatic carbocycles. The number of aryl methyl sites for hydroxylation is 1. The van der Waals surface area contributed by atoms with E-state index in [-0.39, 0.29) is 18.3 Å². The Labute approximate surface area is 164 Å². The minimum atomic E-state index is -0.623. The number of fused-ring (bicyclic) bond motifs is 1. The van der Waals surface area contributed by atoms with E-state index < -0.39 is 17.2 Å². The number of esters is 1. The van der Waals surface area contributed by atoms with Crippen LogP contribution in [0.4, 0.5) is 4.79 Å². The number of methoxy groups -OCH3 is 1. The normalized spacial score (nSPS) is 18.3. The van der Waals surface area contributed by atoms with Crippen LogP contribution in [-0.4, -0.2) is 54.1 Å². The monoisotopic (exact) mass is 389 g/mol. The molecule has 0 bridgehead atoms. The highest BCUT2D eigenvalue weighted by Crippen LogP contribution is 2.40. The van der Waals surface area contributed by atoms with Gasteiger partial charge in [-0.1, -0.05) is 0 Å². The summed E-state index contributed by atoms with van der Waals surface area (Å²) in [7, 11) is 1.31. The summed E-state index contributed by atoms with van der Waals surface area (Å²) in [6.45, 7) is 8.23. The van der Waals surface area contributed by atoms with Crippen LogP contribution in [0.1, 0.15) is 66.3 Å². The Bertz CT molecular complexity index is 815. The third kappa shape index (κ3) is 3.98. The summed E-state index contributed by atoms with van der Waals surface area (Å²) in [5, 5.41) is 0. The van der Waals surface area contributed by atoms with Gasteiger partial charge in [0.25, 0.3) is 0 Å². The van der Waals surface area contributed by atoms with Crippen LogP contribution in [0.3, 0.4) is 0 Å². The standard InChI is InChI=1S/C21H27NO6/c1-13-10-17-15(11-14(13)18(24)26-5)16(23)12-21(27-17)6-8-22(9-7-21)19(25)28-20(2,3)4/h10-11H,6-9,12H2,1-5H3. The van der Waals surface area contributed by atoms with Gasteiger partial charge in [0.15, 0.2) is 5.78 Å². The van der Waals surface area contributed by atoms with Crippen LogP contribution in [0.15, 0.2) is 12.1 Å². The Kier molecular flexibility index (Phi) is 5.12. The maximum Gasteiger partial charge on any atom is 0.410 e. The highest BCUT2D eigenvalue weighted by Gasteiger charge is 2.44. The number of benzene rings is 1. The molecular weight excluding hydrogens is 362 g/mol. The lowest BCUT2D eigenvalue weighted by Crippen LogP contribution is -2.53. The van der Waals surface area contributed by atoms with E-state index in [2.05, 4.69) is 0 Å². The van der Waals surface area contributed by atoms with Crippen LogP contribution in [-0.2, 0) is 9.47 Å². The van der Waals surface area contributed by atoms with Crippen molar-refractivity contribution in [3.8, 4) is 5.75 Å². The predicted molar refractivity (Wildman–Crippen MR) is 102 cm³/mol. The topological polar surface area (TPSA) is 82.1 Å². The number of carbonyl (C=O) groups is 3. The van der Waals surface area contributed by atoms with Crippen molar-refractivity contribution in [2.75, 3.05) is 20.2 Å². The fourth-order valence-electron chi connectivity index (χ4n) is 3.67. The number of rotatable bonds is 1. The Hall–Kier alpha value is -2.57. The highest BCUT2D eigenvalue weighted by atomic mass is 16.6. The number of amides is 1. The van der Waals surface area contributed by atoms with E-state index in [4.69, 9.17) is 14.2 Å². The van der Waals surface area contributed by atoms with Crippen molar-refractivity contribution in [3.05, 3.63) is 28.8 Å². The molecule has 0 unspecified atom stereocenters. The first kappa shape index (κ1) is 20.2. The number of carbonyl (C=O) groups excluding carboxylic acids is 3. The van der Waals surface area contributed by atoms with Gasteiger partial charge in [-0.3, -0.25) is 4.79 Å². The number of likely N-dealkylation sites (tertiary alicyclic amines) is 1.